The zero-order valence-electron chi connectivity index (χ0n) is 17.0. The summed E-state index contributed by atoms with van der Waals surface area (Å²) in [6, 6.07) is 14.4. The van der Waals surface area contributed by atoms with Crippen molar-refractivity contribution in [1.82, 2.24) is 4.90 Å². The lowest BCUT2D eigenvalue weighted by Crippen LogP contribution is -2.47. The average molecular weight is 406 g/mol. The summed E-state index contributed by atoms with van der Waals surface area (Å²) in [5.41, 5.74) is 0.608. The third-order valence-corrected chi connectivity index (χ3v) is 5.62. The van der Waals surface area contributed by atoms with Crippen molar-refractivity contribution < 1.29 is 23.9 Å². The van der Waals surface area contributed by atoms with Gasteiger partial charge in [0, 0.05) is 17.6 Å². The maximum Gasteiger partial charge on any atom is 0.329 e. The highest BCUT2D eigenvalue weighted by Crippen LogP contribution is 2.36. The predicted molar refractivity (Wildman–Crippen MR) is 109 cm³/mol. The van der Waals surface area contributed by atoms with Crippen LogP contribution in [0.2, 0.25) is 0 Å². The Kier molecular flexibility index (Phi) is 4.68. The van der Waals surface area contributed by atoms with Crippen LogP contribution in [-0.2, 0) is 14.3 Å². The number of carbonyl (C=O) groups is 4. The van der Waals surface area contributed by atoms with Gasteiger partial charge in [-0.3, -0.25) is 19.3 Å². The van der Waals surface area contributed by atoms with E-state index in [0.29, 0.717) is 6.54 Å². The number of hydrogen-bond donors (Lipinski definition) is 0. The smallest absolute Gasteiger partial charge is 0.329 e. The summed E-state index contributed by atoms with van der Waals surface area (Å²) in [6.45, 7) is 5.51. The number of rotatable bonds is 4. The van der Waals surface area contributed by atoms with E-state index in [1.165, 1.54) is 6.92 Å². The molecule has 2 unspecified atom stereocenters. The van der Waals surface area contributed by atoms with Crippen LogP contribution in [0.5, 0.6) is 0 Å². The van der Waals surface area contributed by atoms with E-state index in [9.17, 15) is 19.2 Å². The summed E-state index contributed by atoms with van der Waals surface area (Å²) in [4.78, 5) is 53.6. The number of nitrogens with zero attached hydrogens (tertiary/aromatic N) is 2. The number of imide groups is 1. The molecule has 4 rings (SSSR count). The number of hydrogen-bond acceptors (Lipinski definition) is 5. The van der Waals surface area contributed by atoms with E-state index in [-0.39, 0.29) is 17.0 Å². The first-order valence-electron chi connectivity index (χ1n) is 9.76. The Hall–Kier alpha value is -3.48. The maximum absolute atomic E-state index is 13.0. The van der Waals surface area contributed by atoms with Crippen LogP contribution in [0, 0.1) is 5.41 Å². The van der Waals surface area contributed by atoms with E-state index in [2.05, 4.69) is 0 Å². The first kappa shape index (κ1) is 19.8. The van der Waals surface area contributed by atoms with E-state index < -0.39 is 35.3 Å². The van der Waals surface area contributed by atoms with Gasteiger partial charge in [-0.25, -0.2) is 4.79 Å². The van der Waals surface area contributed by atoms with E-state index >= 15 is 0 Å². The summed E-state index contributed by atoms with van der Waals surface area (Å²) in [6.07, 6.45) is -1.01. The van der Waals surface area contributed by atoms with E-state index in [4.69, 9.17) is 4.74 Å². The minimum atomic E-state index is -1.15. The van der Waals surface area contributed by atoms with Crippen LogP contribution >= 0.6 is 0 Å². The van der Waals surface area contributed by atoms with Crippen molar-refractivity contribution in [2.45, 2.75) is 32.9 Å². The molecule has 0 aliphatic carbocycles. The molecule has 2 aromatic carbocycles. The van der Waals surface area contributed by atoms with E-state index in [1.54, 1.807) is 29.2 Å². The molecule has 0 N–H and O–H groups in total. The lowest BCUT2D eigenvalue weighted by molar-refractivity contribution is -0.161. The first-order valence-corrected chi connectivity index (χ1v) is 9.76. The third kappa shape index (κ3) is 3.07. The molecule has 7 heteroatoms. The van der Waals surface area contributed by atoms with Crippen LogP contribution in [0.3, 0.4) is 0 Å². The number of carbonyl (C=O) groups excluding carboxylic acids is 4. The van der Waals surface area contributed by atoms with Gasteiger partial charge in [0.05, 0.1) is 11.1 Å². The second-order valence-electron chi connectivity index (χ2n) is 8.27. The Bertz CT molecular complexity index is 1010. The molecular formula is C23H22N2O5. The quantitative estimate of drug-likeness (QED) is 0.576. The van der Waals surface area contributed by atoms with Crippen molar-refractivity contribution in [1.29, 1.82) is 0 Å². The van der Waals surface area contributed by atoms with Crippen molar-refractivity contribution in [3.8, 4) is 0 Å². The molecular weight excluding hydrogens is 384 g/mol. The number of anilines is 1. The second-order valence-corrected chi connectivity index (χ2v) is 8.27. The molecule has 1 saturated heterocycles. The summed E-state index contributed by atoms with van der Waals surface area (Å²) < 4.78 is 5.58. The SMILES string of the molecule is CC(C(=O)OC1C(=O)N(c2ccccc2)CC1(C)C)N1C(=O)c2ccccc2C1=O. The third-order valence-electron chi connectivity index (χ3n) is 5.62. The molecule has 0 bridgehead atoms. The van der Waals surface area contributed by atoms with Crippen molar-refractivity contribution in [2.75, 3.05) is 11.4 Å². The highest BCUT2D eigenvalue weighted by atomic mass is 16.6. The number of ether oxygens (including phenoxy) is 1. The highest BCUT2D eigenvalue weighted by molar-refractivity contribution is 6.22. The van der Waals surface area contributed by atoms with Crippen LogP contribution in [-0.4, -0.2) is 47.3 Å². The summed E-state index contributed by atoms with van der Waals surface area (Å²) >= 11 is 0. The Balaban J connectivity index is 1.53. The van der Waals surface area contributed by atoms with Crippen LogP contribution in [0.4, 0.5) is 5.69 Å². The highest BCUT2D eigenvalue weighted by Gasteiger charge is 2.51. The summed E-state index contributed by atoms with van der Waals surface area (Å²) in [5.74, 6) is -2.19. The lowest BCUT2D eigenvalue weighted by Gasteiger charge is -2.27. The summed E-state index contributed by atoms with van der Waals surface area (Å²) in [7, 11) is 0. The molecule has 30 heavy (non-hydrogen) atoms. The minimum Gasteiger partial charge on any atom is -0.450 e. The first-order chi connectivity index (χ1) is 14.2. The lowest BCUT2D eigenvalue weighted by atomic mass is 9.89. The summed E-state index contributed by atoms with van der Waals surface area (Å²) in [5, 5.41) is 0. The predicted octanol–water partition coefficient (Wildman–Crippen LogP) is 2.66. The van der Waals surface area contributed by atoms with Gasteiger partial charge in [-0.2, -0.15) is 0 Å². The number of fused-ring (bicyclic) bond motifs is 1. The van der Waals surface area contributed by atoms with Gasteiger partial charge >= 0.3 is 5.97 Å². The second kappa shape index (κ2) is 7.09. The minimum absolute atomic E-state index is 0.259. The molecule has 2 aromatic rings. The average Bonchev–Trinajstić information content (AvgIpc) is 3.13. The van der Waals surface area contributed by atoms with Gasteiger partial charge in [0.2, 0.25) is 0 Å². The molecule has 1 fully saturated rings. The number of para-hydroxylation sites is 1. The van der Waals surface area contributed by atoms with Gasteiger partial charge < -0.3 is 9.64 Å². The molecule has 7 nitrogen and oxygen atoms in total. The van der Waals surface area contributed by atoms with Crippen molar-refractivity contribution >= 4 is 29.4 Å². The van der Waals surface area contributed by atoms with Gasteiger partial charge in [0.1, 0.15) is 6.04 Å². The monoisotopic (exact) mass is 406 g/mol. The van der Waals surface area contributed by atoms with E-state index in [1.807, 2.05) is 44.2 Å². The topological polar surface area (TPSA) is 84.0 Å². The number of esters is 1. The fraction of sp³-hybridized carbons (Fsp3) is 0.304. The zero-order valence-corrected chi connectivity index (χ0v) is 17.0. The van der Waals surface area contributed by atoms with Crippen LogP contribution in [0.15, 0.2) is 54.6 Å². The molecule has 2 aliphatic rings. The standard InChI is InChI=1S/C23H22N2O5/c1-14(25-19(26)16-11-7-8-12-17(16)20(25)27)22(29)30-18-21(28)24(13-23(18,2)3)15-9-5-4-6-10-15/h4-12,14,18H,13H2,1-3H3. The van der Waals surface area contributed by atoms with Crippen molar-refractivity contribution in [3.05, 3.63) is 65.7 Å². The molecule has 0 aromatic heterocycles. The Labute approximate surface area is 174 Å². The normalized spacial score (nSPS) is 21.0. The van der Waals surface area contributed by atoms with Crippen molar-refractivity contribution in [3.63, 3.8) is 0 Å². The zero-order chi connectivity index (χ0) is 21.6. The molecule has 2 aliphatic heterocycles. The van der Waals surface area contributed by atoms with Gasteiger partial charge in [0.15, 0.2) is 6.10 Å². The van der Waals surface area contributed by atoms with Crippen LogP contribution in [0.1, 0.15) is 41.5 Å². The van der Waals surface area contributed by atoms with Gasteiger partial charge in [-0.1, -0.05) is 44.2 Å². The van der Waals surface area contributed by atoms with Crippen LogP contribution < -0.4 is 4.90 Å². The number of benzene rings is 2. The molecule has 2 heterocycles. The molecule has 154 valence electrons. The molecule has 0 spiro atoms. The van der Waals surface area contributed by atoms with Gasteiger partial charge in [-0.15, -0.1) is 0 Å². The molecule has 0 saturated carbocycles. The van der Waals surface area contributed by atoms with E-state index in [0.717, 1.165) is 10.6 Å². The Morgan fingerprint density at radius 3 is 2.07 bits per heavy atom. The Morgan fingerprint density at radius 2 is 1.50 bits per heavy atom. The molecule has 3 amide bonds. The van der Waals surface area contributed by atoms with Crippen LogP contribution in [0.25, 0.3) is 0 Å². The number of amides is 3. The largest absolute Gasteiger partial charge is 0.450 e. The fourth-order valence-corrected chi connectivity index (χ4v) is 3.96. The molecule has 2 atom stereocenters. The molecule has 0 radical (unpaired) electrons. The van der Waals surface area contributed by atoms with Gasteiger partial charge in [-0.05, 0) is 31.2 Å². The maximum atomic E-state index is 13.0. The van der Waals surface area contributed by atoms with Crippen molar-refractivity contribution in [2.24, 2.45) is 5.41 Å². The Morgan fingerprint density at radius 1 is 0.967 bits per heavy atom. The fourth-order valence-electron chi connectivity index (χ4n) is 3.96. The van der Waals surface area contributed by atoms with Gasteiger partial charge in [0.25, 0.3) is 17.7 Å².